The molecule has 11 heavy (non-hydrogen) atoms. The van der Waals surface area contributed by atoms with Gasteiger partial charge in [0.2, 0.25) is 0 Å². The number of likely N-dealkylation sites (tertiary alicyclic amines) is 1. The van der Waals surface area contributed by atoms with Gasteiger partial charge < -0.3 is 10.6 Å². The van der Waals surface area contributed by atoms with Gasteiger partial charge in [0.05, 0.1) is 0 Å². The van der Waals surface area contributed by atoms with E-state index in [2.05, 4.69) is 9.89 Å². The van der Waals surface area contributed by atoms with Crippen molar-refractivity contribution < 1.29 is 0 Å². The van der Waals surface area contributed by atoms with E-state index in [1.165, 1.54) is 17.3 Å². The molecule has 62 valence electrons. The molecule has 0 radical (unpaired) electrons. The Morgan fingerprint density at radius 2 is 2.36 bits per heavy atom. The van der Waals surface area contributed by atoms with Gasteiger partial charge in [-0.2, -0.15) is 0 Å². The summed E-state index contributed by atoms with van der Waals surface area (Å²) in [7, 11) is 0. The molecular weight excluding hydrogens is 158 g/mol. The van der Waals surface area contributed by atoms with Gasteiger partial charge in [0.15, 0.2) is 5.17 Å². The van der Waals surface area contributed by atoms with E-state index < -0.39 is 0 Å². The molecule has 4 heteroatoms. The van der Waals surface area contributed by atoms with E-state index in [0.717, 1.165) is 19.6 Å². The number of hydrogen-bond donors (Lipinski definition) is 1. The van der Waals surface area contributed by atoms with E-state index in [4.69, 9.17) is 5.73 Å². The normalized spacial score (nSPS) is 26.3. The lowest BCUT2D eigenvalue weighted by molar-refractivity contribution is 0.258. The molecule has 0 atom stereocenters. The van der Waals surface area contributed by atoms with Crippen LogP contribution in [0.25, 0.3) is 0 Å². The first-order chi connectivity index (χ1) is 5.36. The molecule has 0 aromatic carbocycles. The number of hydrogen-bond acceptors (Lipinski definition) is 4. The lowest BCUT2D eigenvalue weighted by Crippen LogP contribution is -2.57. The van der Waals surface area contributed by atoms with E-state index in [0.29, 0.717) is 6.04 Å². The van der Waals surface area contributed by atoms with Gasteiger partial charge in [0.1, 0.15) is 0 Å². The fourth-order valence-corrected chi connectivity index (χ4v) is 2.28. The van der Waals surface area contributed by atoms with E-state index in [1.54, 1.807) is 0 Å². The second-order valence-electron chi connectivity index (χ2n) is 3.03. The summed E-state index contributed by atoms with van der Waals surface area (Å²) in [5.74, 6) is 1.23. The third-order valence-corrected chi connectivity index (χ3v) is 3.10. The molecule has 0 unspecified atom stereocenters. The Labute approximate surface area is 71.0 Å². The van der Waals surface area contributed by atoms with Crippen molar-refractivity contribution >= 4 is 16.9 Å². The van der Waals surface area contributed by atoms with Crippen LogP contribution in [-0.4, -0.2) is 41.5 Å². The highest BCUT2D eigenvalue weighted by Gasteiger charge is 2.26. The highest BCUT2D eigenvalue weighted by molar-refractivity contribution is 8.13. The smallest absolute Gasteiger partial charge is 0.159 e. The van der Waals surface area contributed by atoms with Crippen LogP contribution in [0, 0.1) is 0 Å². The Kier molecular flexibility index (Phi) is 2.05. The molecule has 2 N–H and O–H groups in total. The molecule has 0 amide bonds. The van der Waals surface area contributed by atoms with Crippen molar-refractivity contribution in [1.29, 1.82) is 0 Å². The average molecular weight is 171 g/mol. The van der Waals surface area contributed by atoms with Crippen molar-refractivity contribution in [2.45, 2.75) is 12.5 Å². The highest BCUT2D eigenvalue weighted by atomic mass is 32.2. The molecule has 2 heterocycles. The van der Waals surface area contributed by atoms with Crippen LogP contribution in [0.2, 0.25) is 0 Å². The van der Waals surface area contributed by atoms with Gasteiger partial charge in [-0.05, 0) is 6.42 Å². The summed E-state index contributed by atoms with van der Waals surface area (Å²) < 4.78 is 0. The van der Waals surface area contributed by atoms with Gasteiger partial charge in [-0.3, -0.25) is 4.99 Å². The van der Waals surface area contributed by atoms with Crippen LogP contribution < -0.4 is 5.73 Å². The number of nitrogens with two attached hydrogens (primary N) is 1. The molecule has 0 spiro atoms. The number of amidine groups is 1. The molecule has 3 nitrogen and oxygen atoms in total. The average Bonchev–Trinajstić information content (AvgIpc) is 2.01. The molecule has 2 aliphatic heterocycles. The molecule has 0 aromatic rings. The summed E-state index contributed by atoms with van der Waals surface area (Å²) in [5, 5.41) is 1.22. The molecule has 0 aliphatic carbocycles. The Hall–Kier alpha value is -0.220. The first-order valence-electron chi connectivity index (χ1n) is 4.04. The Morgan fingerprint density at radius 1 is 1.55 bits per heavy atom. The predicted octanol–water partition coefficient (Wildman–Crippen LogP) is 0.122. The fourth-order valence-electron chi connectivity index (χ4n) is 1.31. The van der Waals surface area contributed by atoms with E-state index in [9.17, 15) is 0 Å². The summed E-state index contributed by atoms with van der Waals surface area (Å²) in [5.41, 5.74) is 5.67. The third kappa shape index (κ3) is 1.51. The lowest BCUT2D eigenvalue weighted by atomic mass is 10.1. The number of nitrogens with zero attached hydrogens (tertiary/aromatic N) is 2. The molecule has 1 fully saturated rings. The maximum Gasteiger partial charge on any atom is 0.159 e. The molecule has 0 saturated carbocycles. The van der Waals surface area contributed by atoms with Gasteiger partial charge in [0, 0.05) is 31.4 Å². The topological polar surface area (TPSA) is 41.6 Å². The van der Waals surface area contributed by atoms with Gasteiger partial charge in [-0.25, -0.2) is 0 Å². The van der Waals surface area contributed by atoms with E-state index in [-0.39, 0.29) is 0 Å². The minimum Gasteiger partial charge on any atom is -0.348 e. The number of rotatable bonds is 0. The van der Waals surface area contributed by atoms with Gasteiger partial charge in [0.25, 0.3) is 0 Å². The zero-order chi connectivity index (χ0) is 7.68. The summed E-state index contributed by atoms with van der Waals surface area (Å²) in [4.78, 5) is 6.71. The quantitative estimate of drug-likeness (QED) is 0.563. The maximum absolute atomic E-state index is 5.67. The molecule has 2 rings (SSSR count). The summed E-state index contributed by atoms with van der Waals surface area (Å²) in [6, 6.07) is 0.389. The van der Waals surface area contributed by atoms with Crippen LogP contribution in [-0.2, 0) is 0 Å². The monoisotopic (exact) mass is 171 g/mol. The second kappa shape index (κ2) is 3.03. The van der Waals surface area contributed by atoms with Crippen molar-refractivity contribution in [1.82, 2.24) is 4.90 Å². The lowest BCUT2D eigenvalue weighted by Gasteiger charge is -2.39. The number of thioether (sulfide) groups is 1. The maximum atomic E-state index is 5.67. The van der Waals surface area contributed by atoms with Crippen molar-refractivity contribution in [3.05, 3.63) is 0 Å². The van der Waals surface area contributed by atoms with Crippen molar-refractivity contribution in [2.75, 3.05) is 25.4 Å². The minimum atomic E-state index is 0.389. The minimum absolute atomic E-state index is 0.389. The standard InChI is InChI=1S/C7H13N3S/c8-6-4-10(5-6)7-9-2-1-3-11-7/h6H,1-5,8H2. The van der Waals surface area contributed by atoms with Crippen molar-refractivity contribution in [3.63, 3.8) is 0 Å². The van der Waals surface area contributed by atoms with E-state index >= 15 is 0 Å². The van der Waals surface area contributed by atoms with Crippen LogP contribution in [0.4, 0.5) is 0 Å². The summed E-state index contributed by atoms with van der Waals surface area (Å²) in [6.07, 6.45) is 1.23. The molecule has 2 aliphatic rings. The third-order valence-electron chi connectivity index (χ3n) is 1.96. The van der Waals surface area contributed by atoms with Crippen LogP contribution >= 0.6 is 11.8 Å². The van der Waals surface area contributed by atoms with Gasteiger partial charge in [-0.15, -0.1) is 0 Å². The first-order valence-corrected chi connectivity index (χ1v) is 5.02. The fraction of sp³-hybridized carbons (Fsp3) is 0.857. The number of aliphatic imine (C=N–C) groups is 1. The van der Waals surface area contributed by atoms with Crippen LogP contribution in [0.3, 0.4) is 0 Å². The summed E-state index contributed by atoms with van der Waals surface area (Å²) in [6.45, 7) is 3.02. The molecule has 0 bridgehead atoms. The summed E-state index contributed by atoms with van der Waals surface area (Å²) >= 11 is 1.87. The van der Waals surface area contributed by atoms with Crippen molar-refractivity contribution in [3.8, 4) is 0 Å². The van der Waals surface area contributed by atoms with Gasteiger partial charge >= 0.3 is 0 Å². The SMILES string of the molecule is NC1CN(C2=NCCCS2)C1. The van der Waals surface area contributed by atoms with E-state index in [1.807, 2.05) is 11.8 Å². The first kappa shape index (κ1) is 7.43. The van der Waals surface area contributed by atoms with Crippen LogP contribution in [0.1, 0.15) is 6.42 Å². The Balaban J connectivity index is 1.89. The highest BCUT2D eigenvalue weighted by Crippen LogP contribution is 2.19. The Bertz CT molecular complexity index is 175. The van der Waals surface area contributed by atoms with Crippen LogP contribution in [0.5, 0.6) is 0 Å². The largest absolute Gasteiger partial charge is 0.348 e. The zero-order valence-electron chi connectivity index (χ0n) is 6.49. The zero-order valence-corrected chi connectivity index (χ0v) is 7.31. The molecule has 1 saturated heterocycles. The predicted molar refractivity (Wildman–Crippen MR) is 48.9 cm³/mol. The van der Waals surface area contributed by atoms with Crippen molar-refractivity contribution in [2.24, 2.45) is 10.7 Å². The Morgan fingerprint density at radius 3 is 2.91 bits per heavy atom. The van der Waals surface area contributed by atoms with Gasteiger partial charge in [-0.1, -0.05) is 11.8 Å². The van der Waals surface area contributed by atoms with Crippen LogP contribution in [0.15, 0.2) is 4.99 Å². The second-order valence-corrected chi connectivity index (χ2v) is 4.09. The molecule has 0 aromatic heterocycles. The molecular formula is C7H13N3S.